The molecular weight excluding hydrogens is 393 g/mol. The number of nitrogens with one attached hydrogen (secondary N) is 1. The second-order valence-electron chi connectivity index (χ2n) is 6.27. The number of amides is 1. The van der Waals surface area contributed by atoms with Crippen molar-refractivity contribution in [3.05, 3.63) is 41.0 Å². The largest absolute Gasteiger partial charge is 0.444 e. The average Bonchev–Trinajstić information content (AvgIpc) is 2.87. The normalized spacial score (nSPS) is 11.6. The Morgan fingerprint density at radius 1 is 1.28 bits per heavy atom. The Kier molecular flexibility index (Phi) is 4.42. The molecule has 0 saturated carbocycles. The summed E-state index contributed by atoms with van der Waals surface area (Å²) in [6, 6.07) is 2.89. The molecule has 3 aromatic rings. The molecule has 0 spiro atoms. The molecule has 0 bridgehead atoms. The summed E-state index contributed by atoms with van der Waals surface area (Å²) in [7, 11) is 0. The van der Waals surface area contributed by atoms with Crippen LogP contribution in [0.1, 0.15) is 20.8 Å². The number of nitrogens with zero attached hydrogens (tertiary/aromatic N) is 4. The first-order valence-electron chi connectivity index (χ1n) is 7.38. The molecule has 1 amide bonds. The highest BCUT2D eigenvalue weighted by molar-refractivity contribution is 9.10. The molecule has 0 saturated heterocycles. The average molecular weight is 408 g/mol. The lowest BCUT2D eigenvalue weighted by molar-refractivity contribution is 0.0635. The van der Waals surface area contributed by atoms with Crippen LogP contribution in [-0.4, -0.2) is 31.3 Å². The first kappa shape index (κ1) is 17.3. The zero-order chi connectivity index (χ0) is 18.2. The van der Waals surface area contributed by atoms with E-state index in [2.05, 4.69) is 36.3 Å². The van der Waals surface area contributed by atoms with Gasteiger partial charge < -0.3 is 4.74 Å². The molecule has 7 nitrogen and oxygen atoms in total. The van der Waals surface area contributed by atoms with Gasteiger partial charge in [0.05, 0.1) is 22.6 Å². The maximum absolute atomic E-state index is 13.5. The predicted molar refractivity (Wildman–Crippen MR) is 93.7 cm³/mol. The van der Waals surface area contributed by atoms with Crippen molar-refractivity contribution in [2.24, 2.45) is 0 Å². The third kappa shape index (κ3) is 3.93. The molecule has 1 N–H and O–H groups in total. The molecule has 3 rings (SSSR count). The summed E-state index contributed by atoms with van der Waals surface area (Å²) in [6.45, 7) is 5.30. The summed E-state index contributed by atoms with van der Waals surface area (Å²) in [5, 5.41) is 6.81. The van der Waals surface area contributed by atoms with Crippen LogP contribution in [0.25, 0.3) is 16.9 Å². The van der Waals surface area contributed by atoms with Crippen molar-refractivity contribution >= 4 is 33.5 Å². The van der Waals surface area contributed by atoms with Crippen LogP contribution in [-0.2, 0) is 4.74 Å². The summed E-state index contributed by atoms with van der Waals surface area (Å²) in [5.41, 5.74) is 0.735. The number of hydrogen-bond acceptors (Lipinski definition) is 5. The highest BCUT2D eigenvalue weighted by atomic mass is 79.9. The van der Waals surface area contributed by atoms with Crippen molar-refractivity contribution in [3.63, 3.8) is 0 Å². The molecule has 3 aromatic heterocycles. The van der Waals surface area contributed by atoms with E-state index in [9.17, 15) is 9.18 Å². The Hall–Kier alpha value is -2.55. The zero-order valence-electron chi connectivity index (χ0n) is 13.7. The van der Waals surface area contributed by atoms with Crippen molar-refractivity contribution in [2.75, 3.05) is 5.32 Å². The van der Waals surface area contributed by atoms with Gasteiger partial charge in [-0.2, -0.15) is 9.61 Å². The first-order valence-corrected chi connectivity index (χ1v) is 8.17. The Morgan fingerprint density at radius 3 is 2.72 bits per heavy atom. The van der Waals surface area contributed by atoms with Crippen LogP contribution in [0.15, 0.2) is 35.2 Å². The summed E-state index contributed by atoms with van der Waals surface area (Å²) in [5.74, 6) is -0.141. The van der Waals surface area contributed by atoms with Crippen LogP contribution in [0.2, 0.25) is 0 Å². The second kappa shape index (κ2) is 6.40. The Bertz CT molecular complexity index is 951. The van der Waals surface area contributed by atoms with E-state index in [1.54, 1.807) is 33.0 Å². The number of aromatic nitrogens is 4. The van der Waals surface area contributed by atoms with Gasteiger partial charge in [0.25, 0.3) is 0 Å². The van der Waals surface area contributed by atoms with Gasteiger partial charge in [-0.15, -0.1) is 0 Å². The number of halogens is 2. The van der Waals surface area contributed by atoms with E-state index in [4.69, 9.17) is 4.74 Å². The molecule has 0 radical (unpaired) electrons. The quantitative estimate of drug-likeness (QED) is 0.692. The molecule has 3 heterocycles. The van der Waals surface area contributed by atoms with Gasteiger partial charge in [-0.3, -0.25) is 10.3 Å². The van der Waals surface area contributed by atoms with Crippen LogP contribution in [0.5, 0.6) is 0 Å². The number of hydrogen-bond donors (Lipinski definition) is 1. The molecular formula is C16H15BrFN5O2. The maximum atomic E-state index is 13.5. The minimum Gasteiger partial charge on any atom is -0.444 e. The van der Waals surface area contributed by atoms with Gasteiger partial charge >= 0.3 is 6.09 Å². The fraction of sp³-hybridized carbons (Fsp3) is 0.250. The summed E-state index contributed by atoms with van der Waals surface area (Å²) >= 11 is 3.36. The molecule has 0 fully saturated rings. The standard InChI is InChI=1S/C16H15BrFN5O2/c1-16(2,3)25-15(24)22-13-5-12(9-4-10(18)7-19-6-9)21-14-11(17)8-20-23(13)14/h4-8H,1-3H3,(H,22,24). The van der Waals surface area contributed by atoms with Crippen molar-refractivity contribution in [1.29, 1.82) is 0 Å². The van der Waals surface area contributed by atoms with Gasteiger partial charge in [0.15, 0.2) is 5.65 Å². The maximum Gasteiger partial charge on any atom is 0.413 e. The fourth-order valence-electron chi connectivity index (χ4n) is 2.13. The summed E-state index contributed by atoms with van der Waals surface area (Å²) < 4.78 is 20.8. The van der Waals surface area contributed by atoms with E-state index in [-0.39, 0.29) is 0 Å². The Balaban J connectivity index is 2.06. The SMILES string of the molecule is CC(C)(C)OC(=O)Nc1cc(-c2cncc(F)c2)nc2c(Br)cnn12. The molecule has 0 aliphatic carbocycles. The van der Waals surface area contributed by atoms with Crippen molar-refractivity contribution in [1.82, 2.24) is 19.6 Å². The van der Waals surface area contributed by atoms with E-state index in [1.807, 2.05) is 0 Å². The summed E-state index contributed by atoms with van der Waals surface area (Å²) in [4.78, 5) is 20.4. The van der Waals surface area contributed by atoms with Crippen LogP contribution in [0, 0.1) is 5.82 Å². The van der Waals surface area contributed by atoms with Crippen LogP contribution >= 0.6 is 15.9 Å². The minimum absolute atomic E-state index is 0.337. The Labute approximate surface area is 151 Å². The van der Waals surface area contributed by atoms with Crippen molar-refractivity contribution in [2.45, 2.75) is 26.4 Å². The molecule has 25 heavy (non-hydrogen) atoms. The topological polar surface area (TPSA) is 81.4 Å². The highest BCUT2D eigenvalue weighted by Gasteiger charge is 2.19. The molecule has 0 unspecified atom stereocenters. The number of pyridine rings is 1. The molecule has 9 heteroatoms. The fourth-order valence-corrected chi connectivity index (χ4v) is 2.48. The number of fused-ring (bicyclic) bond motifs is 1. The number of carbonyl (C=O) groups is 1. The zero-order valence-corrected chi connectivity index (χ0v) is 15.3. The van der Waals surface area contributed by atoms with Crippen LogP contribution in [0.3, 0.4) is 0 Å². The Morgan fingerprint density at radius 2 is 2.04 bits per heavy atom. The lowest BCUT2D eigenvalue weighted by atomic mass is 10.2. The number of anilines is 1. The van der Waals surface area contributed by atoms with Crippen molar-refractivity contribution < 1.29 is 13.9 Å². The monoisotopic (exact) mass is 407 g/mol. The molecule has 130 valence electrons. The van der Waals surface area contributed by atoms with Gasteiger partial charge in [0, 0.05) is 17.8 Å². The molecule has 0 aliphatic heterocycles. The van der Waals surface area contributed by atoms with Gasteiger partial charge in [-0.25, -0.2) is 14.2 Å². The number of rotatable bonds is 2. The molecule has 0 aromatic carbocycles. The third-order valence-corrected chi connectivity index (χ3v) is 3.62. The van der Waals surface area contributed by atoms with E-state index in [0.29, 0.717) is 27.2 Å². The number of ether oxygens (including phenoxy) is 1. The van der Waals surface area contributed by atoms with Gasteiger partial charge in [0.2, 0.25) is 0 Å². The van der Waals surface area contributed by atoms with Gasteiger partial charge in [-0.1, -0.05) is 0 Å². The summed E-state index contributed by atoms with van der Waals surface area (Å²) in [6.07, 6.45) is 3.52. The van der Waals surface area contributed by atoms with E-state index >= 15 is 0 Å². The van der Waals surface area contributed by atoms with Gasteiger partial charge in [0.1, 0.15) is 17.2 Å². The van der Waals surface area contributed by atoms with E-state index in [0.717, 1.165) is 6.20 Å². The second-order valence-corrected chi connectivity index (χ2v) is 7.13. The van der Waals surface area contributed by atoms with Crippen LogP contribution in [0.4, 0.5) is 15.0 Å². The van der Waals surface area contributed by atoms with Crippen molar-refractivity contribution in [3.8, 4) is 11.3 Å². The third-order valence-electron chi connectivity index (χ3n) is 3.06. The lowest BCUT2D eigenvalue weighted by Gasteiger charge is -2.20. The highest BCUT2D eigenvalue weighted by Crippen LogP contribution is 2.26. The predicted octanol–water partition coefficient (Wildman–Crippen LogP) is 4.04. The van der Waals surface area contributed by atoms with E-state index < -0.39 is 17.5 Å². The first-order chi connectivity index (χ1) is 11.7. The smallest absolute Gasteiger partial charge is 0.413 e. The van der Waals surface area contributed by atoms with Gasteiger partial charge in [-0.05, 0) is 42.8 Å². The lowest BCUT2D eigenvalue weighted by Crippen LogP contribution is -2.28. The number of carbonyl (C=O) groups excluding carboxylic acids is 1. The molecule has 0 atom stereocenters. The minimum atomic E-state index is -0.643. The van der Waals surface area contributed by atoms with E-state index in [1.165, 1.54) is 16.8 Å². The molecule has 0 aliphatic rings. The van der Waals surface area contributed by atoms with Crippen LogP contribution < -0.4 is 5.32 Å².